The molecule has 2 N–H and O–H groups in total. The zero-order valence-corrected chi connectivity index (χ0v) is 17.5. The summed E-state index contributed by atoms with van der Waals surface area (Å²) in [6.07, 6.45) is 6.98. The van der Waals surface area contributed by atoms with Gasteiger partial charge in [0, 0.05) is 12.8 Å². The molecule has 0 aromatic heterocycles. The van der Waals surface area contributed by atoms with Crippen molar-refractivity contribution in [3.8, 4) is 0 Å². The summed E-state index contributed by atoms with van der Waals surface area (Å²) in [7, 11) is 0. The third-order valence-electron chi connectivity index (χ3n) is 9.52. The molecular formula is C23H36O5. The summed E-state index contributed by atoms with van der Waals surface area (Å²) in [6, 6.07) is 0. The van der Waals surface area contributed by atoms with Crippen LogP contribution < -0.4 is 0 Å². The van der Waals surface area contributed by atoms with Crippen LogP contribution in [0.5, 0.6) is 0 Å². The maximum Gasteiger partial charge on any atom is 0.302 e. The van der Waals surface area contributed by atoms with Gasteiger partial charge in [0.2, 0.25) is 0 Å². The Morgan fingerprint density at radius 2 is 1.75 bits per heavy atom. The largest absolute Gasteiger partial charge is 0.460 e. The number of hydrogen-bond acceptors (Lipinski definition) is 5. The molecule has 4 aliphatic rings. The zero-order valence-electron chi connectivity index (χ0n) is 17.5. The van der Waals surface area contributed by atoms with Crippen molar-refractivity contribution in [1.29, 1.82) is 0 Å². The summed E-state index contributed by atoms with van der Waals surface area (Å²) in [5.41, 5.74) is 0.107. The van der Waals surface area contributed by atoms with Gasteiger partial charge in [-0.25, -0.2) is 0 Å². The number of carbonyl (C=O) groups excluding carboxylic acids is 2. The molecular weight excluding hydrogens is 356 g/mol. The van der Waals surface area contributed by atoms with E-state index in [4.69, 9.17) is 4.74 Å². The lowest BCUT2D eigenvalue weighted by Gasteiger charge is -2.61. The fraction of sp³-hybridized carbons (Fsp3) is 0.913. The van der Waals surface area contributed by atoms with E-state index < -0.39 is 12.2 Å². The number of ketones is 1. The second-order valence-electron chi connectivity index (χ2n) is 10.6. The highest BCUT2D eigenvalue weighted by molar-refractivity contribution is 5.83. The van der Waals surface area contributed by atoms with Gasteiger partial charge in [0.25, 0.3) is 0 Å². The standard InChI is InChI=1S/C23H36O5/c1-13(25)28-21-11-23(3)14(10-19(21)26)4-5-15-16-6-7-18(20(27)12-24)22(16,2)9-8-17(15)23/h14-19,21,24,26H,4-12H2,1-3H3. The third-order valence-corrected chi connectivity index (χ3v) is 9.52. The van der Waals surface area contributed by atoms with E-state index >= 15 is 0 Å². The number of fused-ring (bicyclic) bond motifs is 5. The first-order chi connectivity index (χ1) is 13.2. The Morgan fingerprint density at radius 1 is 1.04 bits per heavy atom. The van der Waals surface area contributed by atoms with Crippen LogP contribution in [-0.4, -0.2) is 40.8 Å². The maximum atomic E-state index is 12.4. The number of aliphatic hydroxyl groups is 2. The molecule has 28 heavy (non-hydrogen) atoms. The van der Waals surface area contributed by atoms with Gasteiger partial charge in [-0.1, -0.05) is 13.8 Å². The zero-order chi connectivity index (χ0) is 20.3. The van der Waals surface area contributed by atoms with Crippen LogP contribution in [0.2, 0.25) is 0 Å². The van der Waals surface area contributed by atoms with Crippen molar-refractivity contribution in [3.63, 3.8) is 0 Å². The number of Topliss-reactive ketones (excluding diaryl/α,β-unsaturated/α-hetero) is 1. The summed E-state index contributed by atoms with van der Waals surface area (Å²) in [5, 5.41) is 20.0. The molecule has 0 aliphatic heterocycles. The molecule has 4 rings (SSSR count). The van der Waals surface area contributed by atoms with E-state index in [2.05, 4.69) is 13.8 Å². The number of hydrogen-bond donors (Lipinski definition) is 2. The van der Waals surface area contributed by atoms with Crippen LogP contribution >= 0.6 is 0 Å². The Balaban J connectivity index is 1.58. The normalized spacial score (nSPS) is 50.2. The van der Waals surface area contributed by atoms with Gasteiger partial charge in [-0.3, -0.25) is 9.59 Å². The van der Waals surface area contributed by atoms with Crippen molar-refractivity contribution in [3.05, 3.63) is 0 Å². The molecule has 9 atom stereocenters. The SMILES string of the molecule is CC(=O)OC1CC2(C)C(CCC3C2CCC2(C)C(C(=O)CO)CCC32)CC1O. The van der Waals surface area contributed by atoms with E-state index in [0.29, 0.717) is 23.7 Å². The molecule has 4 aliphatic carbocycles. The molecule has 0 saturated heterocycles. The average molecular weight is 393 g/mol. The van der Waals surface area contributed by atoms with E-state index in [9.17, 15) is 19.8 Å². The smallest absolute Gasteiger partial charge is 0.302 e. The summed E-state index contributed by atoms with van der Waals surface area (Å²) >= 11 is 0. The third kappa shape index (κ3) is 2.96. The molecule has 0 aromatic carbocycles. The second kappa shape index (κ2) is 7.09. The van der Waals surface area contributed by atoms with Gasteiger partial charge in [0.05, 0.1) is 6.10 Å². The van der Waals surface area contributed by atoms with Crippen LogP contribution in [0.15, 0.2) is 0 Å². The quantitative estimate of drug-likeness (QED) is 0.721. The first kappa shape index (κ1) is 20.3. The van der Waals surface area contributed by atoms with Gasteiger partial charge in [0.15, 0.2) is 5.78 Å². The van der Waals surface area contributed by atoms with Crippen LogP contribution in [0.3, 0.4) is 0 Å². The molecule has 0 amide bonds. The lowest BCUT2D eigenvalue weighted by atomic mass is 9.44. The van der Waals surface area contributed by atoms with Crippen molar-refractivity contribution < 1.29 is 24.5 Å². The summed E-state index contributed by atoms with van der Waals surface area (Å²) in [4.78, 5) is 23.9. The second-order valence-corrected chi connectivity index (χ2v) is 10.6. The van der Waals surface area contributed by atoms with Gasteiger partial charge in [-0.2, -0.15) is 0 Å². The van der Waals surface area contributed by atoms with Crippen molar-refractivity contribution >= 4 is 11.8 Å². The summed E-state index contributed by atoms with van der Waals surface area (Å²) in [5.74, 6) is 1.92. The maximum absolute atomic E-state index is 12.4. The monoisotopic (exact) mass is 392 g/mol. The van der Waals surface area contributed by atoms with E-state index in [-0.39, 0.29) is 35.1 Å². The van der Waals surface area contributed by atoms with Crippen molar-refractivity contribution in [1.82, 2.24) is 0 Å². The average Bonchev–Trinajstić information content (AvgIpc) is 2.99. The van der Waals surface area contributed by atoms with E-state index in [1.807, 2.05) is 0 Å². The van der Waals surface area contributed by atoms with Gasteiger partial charge in [-0.05, 0) is 85.9 Å². The Bertz CT molecular complexity index is 647. The topological polar surface area (TPSA) is 83.8 Å². The highest BCUT2D eigenvalue weighted by Gasteiger charge is 2.62. The number of esters is 1. The number of aliphatic hydroxyl groups excluding tert-OH is 2. The Morgan fingerprint density at radius 3 is 2.43 bits per heavy atom. The van der Waals surface area contributed by atoms with Crippen LogP contribution in [0.25, 0.3) is 0 Å². The van der Waals surface area contributed by atoms with E-state index in [0.717, 1.165) is 44.9 Å². The Kier molecular flexibility index (Phi) is 5.15. The highest BCUT2D eigenvalue weighted by atomic mass is 16.6. The summed E-state index contributed by atoms with van der Waals surface area (Å²) in [6.45, 7) is 5.75. The molecule has 0 heterocycles. The van der Waals surface area contributed by atoms with Crippen molar-refractivity contribution in [2.45, 2.75) is 84.3 Å². The molecule has 0 aromatic rings. The Labute approximate surface area is 168 Å². The highest BCUT2D eigenvalue weighted by Crippen LogP contribution is 2.67. The first-order valence-corrected chi connectivity index (χ1v) is 11.2. The fourth-order valence-corrected chi connectivity index (χ4v) is 8.23. The predicted molar refractivity (Wildman–Crippen MR) is 104 cm³/mol. The van der Waals surface area contributed by atoms with Gasteiger partial charge in [-0.15, -0.1) is 0 Å². The van der Waals surface area contributed by atoms with E-state index in [1.165, 1.54) is 13.3 Å². The van der Waals surface area contributed by atoms with Gasteiger partial charge < -0.3 is 14.9 Å². The molecule has 5 heteroatoms. The van der Waals surface area contributed by atoms with Gasteiger partial charge >= 0.3 is 5.97 Å². The van der Waals surface area contributed by atoms with Crippen LogP contribution in [0.1, 0.15) is 72.1 Å². The summed E-state index contributed by atoms with van der Waals surface area (Å²) < 4.78 is 5.51. The van der Waals surface area contributed by atoms with E-state index in [1.54, 1.807) is 0 Å². The van der Waals surface area contributed by atoms with Gasteiger partial charge in [0.1, 0.15) is 12.7 Å². The minimum atomic E-state index is -0.551. The minimum absolute atomic E-state index is 0.0101. The molecule has 4 fully saturated rings. The molecule has 0 bridgehead atoms. The predicted octanol–water partition coefficient (Wildman–Crippen LogP) is 3.11. The number of rotatable bonds is 3. The van der Waals surface area contributed by atoms with Crippen LogP contribution in [-0.2, 0) is 14.3 Å². The molecule has 0 spiro atoms. The lowest BCUT2D eigenvalue weighted by Crippen LogP contribution is -2.57. The number of ether oxygens (including phenoxy) is 1. The van der Waals surface area contributed by atoms with Crippen LogP contribution in [0, 0.1) is 40.4 Å². The van der Waals surface area contributed by atoms with Crippen LogP contribution in [0.4, 0.5) is 0 Å². The van der Waals surface area contributed by atoms with Crippen molar-refractivity contribution in [2.24, 2.45) is 40.4 Å². The number of carbonyl (C=O) groups is 2. The molecule has 0 radical (unpaired) electrons. The molecule has 4 saturated carbocycles. The van der Waals surface area contributed by atoms with Crippen molar-refractivity contribution in [2.75, 3.05) is 6.61 Å². The minimum Gasteiger partial charge on any atom is -0.460 e. The fourth-order valence-electron chi connectivity index (χ4n) is 8.23. The first-order valence-electron chi connectivity index (χ1n) is 11.2. The molecule has 9 unspecified atom stereocenters. The lowest BCUT2D eigenvalue weighted by molar-refractivity contribution is -0.182. The molecule has 158 valence electrons. The molecule has 5 nitrogen and oxygen atoms in total. The Hall–Kier alpha value is -0.940.